The molecule has 3 nitrogen and oxygen atoms in total. The van der Waals surface area contributed by atoms with Gasteiger partial charge < -0.3 is 5.11 Å². The van der Waals surface area contributed by atoms with Crippen molar-refractivity contribution in [2.45, 2.75) is 31.8 Å². The van der Waals surface area contributed by atoms with E-state index in [9.17, 15) is 9.50 Å². The summed E-state index contributed by atoms with van der Waals surface area (Å²) in [7, 11) is 1.89. The van der Waals surface area contributed by atoms with Gasteiger partial charge in [0, 0.05) is 25.4 Å². The molecule has 1 aromatic carbocycles. The lowest BCUT2D eigenvalue weighted by molar-refractivity contribution is 0.0511. The van der Waals surface area contributed by atoms with Crippen LogP contribution >= 0.6 is 0 Å². The third-order valence-electron chi connectivity index (χ3n) is 3.32. The number of aromatic nitrogens is 2. The Morgan fingerprint density at radius 3 is 2.79 bits per heavy atom. The van der Waals surface area contributed by atoms with E-state index in [1.165, 1.54) is 12.1 Å². The van der Waals surface area contributed by atoms with Crippen molar-refractivity contribution in [2.75, 3.05) is 0 Å². The van der Waals surface area contributed by atoms with Crippen LogP contribution < -0.4 is 0 Å². The molecule has 0 aliphatic rings. The molecule has 19 heavy (non-hydrogen) atoms. The molecule has 1 atom stereocenters. The quantitative estimate of drug-likeness (QED) is 0.899. The highest BCUT2D eigenvalue weighted by atomic mass is 19.1. The first-order valence-corrected chi connectivity index (χ1v) is 6.40. The fourth-order valence-electron chi connectivity index (χ4n) is 2.22. The number of halogens is 1. The molecule has 102 valence electrons. The van der Waals surface area contributed by atoms with Crippen LogP contribution in [0.25, 0.3) is 0 Å². The number of aryl methyl sites for hydroxylation is 2. The lowest BCUT2D eigenvalue weighted by Gasteiger charge is -2.23. The SMILES string of the molecule is Cn1nccc1CCC(C)(O)Cc1cccc(F)c1. The van der Waals surface area contributed by atoms with Crippen LogP contribution in [0, 0.1) is 5.82 Å². The van der Waals surface area contributed by atoms with Crippen molar-refractivity contribution in [1.29, 1.82) is 0 Å². The van der Waals surface area contributed by atoms with Crippen LogP contribution in [0.4, 0.5) is 4.39 Å². The van der Waals surface area contributed by atoms with Crippen LogP contribution in [-0.4, -0.2) is 20.5 Å². The molecular formula is C15H19FN2O. The van der Waals surface area contributed by atoms with Gasteiger partial charge in [-0.1, -0.05) is 12.1 Å². The van der Waals surface area contributed by atoms with Crippen LogP contribution in [0.5, 0.6) is 0 Å². The Bertz CT molecular complexity index is 549. The van der Waals surface area contributed by atoms with E-state index in [1.807, 2.05) is 19.2 Å². The van der Waals surface area contributed by atoms with Crippen molar-refractivity contribution in [2.24, 2.45) is 7.05 Å². The monoisotopic (exact) mass is 262 g/mol. The highest BCUT2D eigenvalue weighted by Crippen LogP contribution is 2.20. The second kappa shape index (κ2) is 5.53. The molecule has 0 spiro atoms. The molecule has 1 heterocycles. The molecule has 1 unspecified atom stereocenters. The average molecular weight is 262 g/mol. The minimum atomic E-state index is -0.849. The zero-order chi connectivity index (χ0) is 13.9. The Labute approximate surface area is 112 Å². The summed E-state index contributed by atoms with van der Waals surface area (Å²) < 4.78 is 14.9. The fraction of sp³-hybridized carbons (Fsp3) is 0.400. The second-order valence-electron chi connectivity index (χ2n) is 5.25. The standard InChI is InChI=1S/C15H19FN2O/c1-15(19,8-6-14-7-9-17-18(14)2)11-12-4-3-5-13(16)10-12/h3-5,7,9-10,19H,6,8,11H2,1-2H3. The predicted octanol–water partition coefficient (Wildman–Crippen LogP) is 2.49. The van der Waals surface area contributed by atoms with Crippen LogP contribution in [0.1, 0.15) is 24.6 Å². The lowest BCUT2D eigenvalue weighted by atomic mass is 9.91. The highest BCUT2D eigenvalue weighted by Gasteiger charge is 2.21. The van der Waals surface area contributed by atoms with Crippen LogP contribution in [0.3, 0.4) is 0 Å². The van der Waals surface area contributed by atoms with Crippen molar-refractivity contribution in [3.63, 3.8) is 0 Å². The summed E-state index contributed by atoms with van der Waals surface area (Å²) >= 11 is 0. The molecule has 0 saturated heterocycles. The lowest BCUT2D eigenvalue weighted by Crippen LogP contribution is -2.28. The maximum absolute atomic E-state index is 13.1. The minimum Gasteiger partial charge on any atom is -0.390 e. The van der Waals surface area contributed by atoms with Crippen molar-refractivity contribution in [3.05, 3.63) is 53.6 Å². The molecule has 2 rings (SSSR count). The van der Waals surface area contributed by atoms with Gasteiger partial charge in [0.05, 0.1) is 5.60 Å². The summed E-state index contributed by atoms with van der Waals surface area (Å²) in [4.78, 5) is 0. The third kappa shape index (κ3) is 3.89. The normalized spacial score (nSPS) is 14.3. The van der Waals surface area contributed by atoms with Crippen molar-refractivity contribution >= 4 is 0 Å². The molecule has 2 aromatic rings. The van der Waals surface area contributed by atoms with Gasteiger partial charge in [0.25, 0.3) is 0 Å². The van der Waals surface area contributed by atoms with Gasteiger partial charge in [-0.2, -0.15) is 5.10 Å². The number of rotatable bonds is 5. The topological polar surface area (TPSA) is 38.0 Å². The number of nitrogens with zero attached hydrogens (tertiary/aromatic N) is 2. The molecule has 0 aliphatic heterocycles. The Morgan fingerprint density at radius 2 is 2.16 bits per heavy atom. The molecule has 0 bridgehead atoms. The van der Waals surface area contributed by atoms with E-state index < -0.39 is 5.60 Å². The first-order chi connectivity index (χ1) is 8.96. The zero-order valence-electron chi connectivity index (χ0n) is 11.3. The van der Waals surface area contributed by atoms with E-state index in [2.05, 4.69) is 5.10 Å². The molecule has 0 radical (unpaired) electrons. The van der Waals surface area contributed by atoms with Gasteiger partial charge in [-0.05, 0) is 43.5 Å². The van der Waals surface area contributed by atoms with Gasteiger partial charge in [-0.15, -0.1) is 0 Å². The summed E-state index contributed by atoms with van der Waals surface area (Å²) in [6.07, 6.45) is 3.56. The van der Waals surface area contributed by atoms with Gasteiger partial charge in [0.15, 0.2) is 0 Å². The van der Waals surface area contributed by atoms with Crippen molar-refractivity contribution < 1.29 is 9.50 Å². The Morgan fingerprint density at radius 1 is 1.37 bits per heavy atom. The molecule has 0 fully saturated rings. The van der Waals surface area contributed by atoms with Gasteiger partial charge in [-0.3, -0.25) is 4.68 Å². The van der Waals surface area contributed by atoms with E-state index in [1.54, 1.807) is 23.9 Å². The van der Waals surface area contributed by atoms with Crippen molar-refractivity contribution in [1.82, 2.24) is 9.78 Å². The van der Waals surface area contributed by atoms with Gasteiger partial charge in [0.2, 0.25) is 0 Å². The predicted molar refractivity (Wildman–Crippen MR) is 72.3 cm³/mol. The Balaban J connectivity index is 1.97. The molecule has 4 heteroatoms. The highest BCUT2D eigenvalue weighted by molar-refractivity contribution is 5.18. The number of hydrogen-bond acceptors (Lipinski definition) is 2. The van der Waals surface area contributed by atoms with E-state index in [0.717, 1.165) is 17.7 Å². The smallest absolute Gasteiger partial charge is 0.123 e. The largest absolute Gasteiger partial charge is 0.390 e. The number of aliphatic hydroxyl groups is 1. The summed E-state index contributed by atoms with van der Waals surface area (Å²) in [6, 6.07) is 8.33. The maximum Gasteiger partial charge on any atom is 0.123 e. The van der Waals surface area contributed by atoms with E-state index in [4.69, 9.17) is 0 Å². The van der Waals surface area contributed by atoms with Gasteiger partial charge in [-0.25, -0.2) is 4.39 Å². The zero-order valence-corrected chi connectivity index (χ0v) is 11.3. The first kappa shape index (κ1) is 13.7. The number of benzene rings is 1. The molecule has 0 aliphatic carbocycles. The van der Waals surface area contributed by atoms with Crippen LogP contribution in [-0.2, 0) is 19.9 Å². The summed E-state index contributed by atoms with van der Waals surface area (Å²) in [6.45, 7) is 1.79. The maximum atomic E-state index is 13.1. The molecule has 0 saturated carbocycles. The van der Waals surface area contributed by atoms with Crippen molar-refractivity contribution in [3.8, 4) is 0 Å². The van der Waals surface area contributed by atoms with Gasteiger partial charge in [0.1, 0.15) is 5.82 Å². The minimum absolute atomic E-state index is 0.264. The van der Waals surface area contributed by atoms with E-state index in [0.29, 0.717) is 12.8 Å². The summed E-state index contributed by atoms with van der Waals surface area (Å²) in [5.41, 5.74) is 1.05. The fourth-order valence-corrected chi connectivity index (χ4v) is 2.22. The summed E-state index contributed by atoms with van der Waals surface area (Å²) in [5, 5.41) is 14.5. The molecule has 1 aromatic heterocycles. The Hall–Kier alpha value is -1.68. The van der Waals surface area contributed by atoms with Gasteiger partial charge >= 0.3 is 0 Å². The molecular weight excluding hydrogens is 243 g/mol. The molecule has 0 amide bonds. The van der Waals surface area contributed by atoms with E-state index >= 15 is 0 Å². The third-order valence-corrected chi connectivity index (χ3v) is 3.32. The van der Waals surface area contributed by atoms with E-state index in [-0.39, 0.29) is 5.82 Å². The first-order valence-electron chi connectivity index (χ1n) is 6.40. The molecule has 1 N–H and O–H groups in total. The average Bonchev–Trinajstić information content (AvgIpc) is 2.72. The number of hydrogen-bond donors (Lipinski definition) is 1. The Kier molecular flexibility index (Phi) is 4.00. The van der Waals surface area contributed by atoms with Crippen LogP contribution in [0.15, 0.2) is 36.5 Å². The van der Waals surface area contributed by atoms with Crippen LogP contribution in [0.2, 0.25) is 0 Å². The summed E-state index contributed by atoms with van der Waals surface area (Å²) in [5.74, 6) is -0.264. The second-order valence-corrected chi connectivity index (χ2v) is 5.25.